The summed E-state index contributed by atoms with van der Waals surface area (Å²) in [6.07, 6.45) is 2.02. The van der Waals surface area contributed by atoms with Crippen LogP contribution in [0.1, 0.15) is 25.5 Å². The van der Waals surface area contributed by atoms with Crippen molar-refractivity contribution in [1.29, 1.82) is 0 Å². The summed E-state index contributed by atoms with van der Waals surface area (Å²) in [7, 11) is 0. The van der Waals surface area contributed by atoms with Crippen molar-refractivity contribution < 1.29 is 0 Å². The monoisotopic (exact) mass is 332 g/mol. The fourth-order valence-electron chi connectivity index (χ4n) is 2.95. The largest absolute Gasteiger partial charge is 0.317 e. The molecule has 0 fully saturated rings. The topological polar surface area (TPSA) is 62.7 Å². The molecule has 0 amide bonds. The van der Waals surface area contributed by atoms with E-state index in [9.17, 15) is 4.79 Å². The number of aromatic nitrogens is 3. The molecule has 5 nitrogen and oxygen atoms in total. The minimum atomic E-state index is 0.0107. The number of pyridine rings is 1. The molecule has 0 saturated heterocycles. The van der Waals surface area contributed by atoms with Crippen molar-refractivity contribution in [2.24, 2.45) is 0 Å². The quantitative estimate of drug-likeness (QED) is 0.681. The lowest BCUT2D eigenvalue weighted by Crippen LogP contribution is -2.24. The van der Waals surface area contributed by atoms with E-state index in [2.05, 4.69) is 22.4 Å². The highest BCUT2D eigenvalue weighted by Crippen LogP contribution is 2.25. The Balaban J connectivity index is 2.08. The summed E-state index contributed by atoms with van der Waals surface area (Å²) >= 11 is 6.14. The Morgan fingerprint density at radius 1 is 1.35 bits per heavy atom. The van der Waals surface area contributed by atoms with Gasteiger partial charge in [-0.15, -0.1) is 0 Å². The van der Waals surface area contributed by atoms with Crippen molar-refractivity contribution >= 4 is 33.4 Å². The molecule has 2 aromatic heterocycles. The summed E-state index contributed by atoms with van der Waals surface area (Å²) in [5.41, 5.74) is 2.39. The van der Waals surface area contributed by atoms with Gasteiger partial charge in [0.2, 0.25) is 0 Å². The minimum Gasteiger partial charge on any atom is -0.317 e. The zero-order valence-electron chi connectivity index (χ0n) is 13.4. The van der Waals surface area contributed by atoms with Gasteiger partial charge in [0.1, 0.15) is 5.52 Å². The zero-order chi connectivity index (χ0) is 16.4. The standard InChI is InChI=1S/C17H21ClN4O/c1-3-7-19-8-4-9-22-14-6-5-12(18)10-13(14)16-15(17(22)23)11(2)20-21-16/h5-6,10,19H,3-4,7-9H2,1-2H3,(H,20,21). The van der Waals surface area contributed by atoms with Crippen LogP contribution in [0, 0.1) is 6.92 Å². The molecule has 2 heterocycles. The molecule has 0 radical (unpaired) electrons. The molecular formula is C17H21ClN4O. The van der Waals surface area contributed by atoms with Crippen molar-refractivity contribution in [3.8, 4) is 0 Å². The first-order chi connectivity index (χ1) is 11.1. The Hall–Kier alpha value is -1.85. The Kier molecular flexibility index (Phi) is 4.68. The molecule has 23 heavy (non-hydrogen) atoms. The number of halogens is 1. The number of hydrogen-bond acceptors (Lipinski definition) is 3. The van der Waals surface area contributed by atoms with Crippen molar-refractivity contribution in [3.63, 3.8) is 0 Å². The molecule has 0 aliphatic rings. The van der Waals surface area contributed by atoms with Crippen molar-refractivity contribution in [2.45, 2.75) is 33.2 Å². The van der Waals surface area contributed by atoms with Gasteiger partial charge in [-0.05, 0) is 51.1 Å². The maximum Gasteiger partial charge on any atom is 0.262 e. The molecule has 0 spiro atoms. The van der Waals surface area contributed by atoms with Crippen LogP contribution in [0.4, 0.5) is 0 Å². The molecule has 0 saturated carbocycles. The van der Waals surface area contributed by atoms with Crippen LogP contribution in [-0.2, 0) is 6.54 Å². The van der Waals surface area contributed by atoms with Crippen molar-refractivity contribution in [1.82, 2.24) is 20.1 Å². The van der Waals surface area contributed by atoms with Crippen LogP contribution < -0.4 is 10.9 Å². The first-order valence-electron chi connectivity index (χ1n) is 8.01. The van der Waals surface area contributed by atoms with Crippen LogP contribution in [0.2, 0.25) is 5.02 Å². The molecular weight excluding hydrogens is 312 g/mol. The second-order valence-electron chi connectivity index (χ2n) is 5.79. The van der Waals surface area contributed by atoms with E-state index in [0.29, 0.717) is 22.5 Å². The number of nitrogens with one attached hydrogen (secondary N) is 2. The van der Waals surface area contributed by atoms with Crippen LogP contribution in [0.3, 0.4) is 0 Å². The van der Waals surface area contributed by atoms with Crippen LogP contribution in [-0.4, -0.2) is 27.9 Å². The number of H-pyrrole nitrogens is 1. The smallest absolute Gasteiger partial charge is 0.262 e. The highest BCUT2D eigenvalue weighted by atomic mass is 35.5. The number of fused-ring (bicyclic) bond motifs is 3. The number of rotatable bonds is 6. The Bertz CT molecular complexity index is 897. The maximum absolute atomic E-state index is 12.9. The fourth-order valence-corrected chi connectivity index (χ4v) is 3.12. The van der Waals surface area contributed by atoms with Gasteiger partial charge in [0, 0.05) is 22.6 Å². The normalized spacial score (nSPS) is 11.6. The van der Waals surface area contributed by atoms with E-state index in [0.717, 1.165) is 42.5 Å². The third-order valence-corrected chi connectivity index (χ3v) is 4.31. The van der Waals surface area contributed by atoms with Crippen LogP contribution in [0.25, 0.3) is 21.8 Å². The van der Waals surface area contributed by atoms with Gasteiger partial charge in [-0.2, -0.15) is 5.10 Å². The maximum atomic E-state index is 12.9. The first kappa shape index (κ1) is 16.0. The lowest BCUT2D eigenvalue weighted by molar-refractivity contribution is 0.580. The van der Waals surface area contributed by atoms with Crippen molar-refractivity contribution in [2.75, 3.05) is 13.1 Å². The van der Waals surface area contributed by atoms with Crippen LogP contribution in [0.15, 0.2) is 23.0 Å². The highest BCUT2D eigenvalue weighted by Gasteiger charge is 2.15. The second kappa shape index (κ2) is 6.72. The lowest BCUT2D eigenvalue weighted by Gasteiger charge is -2.12. The Labute approximate surface area is 139 Å². The van der Waals surface area contributed by atoms with E-state index in [-0.39, 0.29) is 5.56 Å². The van der Waals surface area contributed by atoms with E-state index in [1.165, 1.54) is 0 Å². The fraction of sp³-hybridized carbons (Fsp3) is 0.412. The average molecular weight is 333 g/mol. The van der Waals surface area contributed by atoms with Gasteiger partial charge >= 0.3 is 0 Å². The molecule has 122 valence electrons. The van der Waals surface area contributed by atoms with Crippen LogP contribution >= 0.6 is 11.6 Å². The molecule has 6 heteroatoms. The Morgan fingerprint density at radius 3 is 2.96 bits per heavy atom. The van der Waals surface area contributed by atoms with Crippen molar-refractivity contribution in [3.05, 3.63) is 39.3 Å². The van der Waals surface area contributed by atoms with Gasteiger partial charge in [-0.1, -0.05) is 18.5 Å². The molecule has 0 aliphatic heterocycles. The zero-order valence-corrected chi connectivity index (χ0v) is 14.2. The predicted octanol–water partition coefficient (Wildman–Crippen LogP) is 3.23. The highest BCUT2D eigenvalue weighted by molar-refractivity contribution is 6.31. The van der Waals surface area contributed by atoms with E-state index >= 15 is 0 Å². The number of hydrogen-bond donors (Lipinski definition) is 2. The van der Waals surface area contributed by atoms with E-state index in [1.54, 1.807) is 0 Å². The second-order valence-corrected chi connectivity index (χ2v) is 6.23. The molecule has 1 aromatic carbocycles. The Morgan fingerprint density at radius 2 is 2.17 bits per heavy atom. The summed E-state index contributed by atoms with van der Waals surface area (Å²) in [5.74, 6) is 0. The number of aryl methyl sites for hydroxylation is 2. The first-order valence-corrected chi connectivity index (χ1v) is 8.38. The molecule has 3 aromatic rings. The molecule has 0 unspecified atom stereocenters. The molecule has 0 atom stereocenters. The molecule has 3 rings (SSSR count). The van der Waals surface area contributed by atoms with E-state index in [4.69, 9.17) is 11.6 Å². The third kappa shape index (κ3) is 2.99. The SMILES string of the molecule is CCCNCCCn1c(=O)c2c(C)[nH]nc2c2cc(Cl)ccc21. The number of aromatic amines is 1. The van der Waals surface area contributed by atoms with Gasteiger partial charge in [0.15, 0.2) is 0 Å². The lowest BCUT2D eigenvalue weighted by atomic mass is 10.1. The number of benzene rings is 1. The van der Waals surface area contributed by atoms with Gasteiger partial charge < -0.3 is 9.88 Å². The van der Waals surface area contributed by atoms with Gasteiger partial charge in [-0.3, -0.25) is 9.89 Å². The molecule has 2 N–H and O–H groups in total. The van der Waals surface area contributed by atoms with E-state index in [1.807, 2.05) is 29.7 Å². The summed E-state index contributed by atoms with van der Waals surface area (Å²) in [6.45, 7) is 6.60. The summed E-state index contributed by atoms with van der Waals surface area (Å²) in [4.78, 5) is 12.9. The predicted molar refractivity (Wildman–Crippen MR) is 95.4 cm³/mol. The summed E-state index contributed by atoms with van der Waals surface area (Å²) in [5, 5.41) is 12.8. The molecule has 0 aliphatic carbocycles. The summed E-state index contributed by atoms with van der Waals surface area (Å²) < 4.78 is 1.84. The third-order valence-electron chi connectivity index (χ3n) is 4.07. The number of nitrogens with zero attached hydrogens (tertiary/aromatic N) is 2. The van der Waals surface area contributed by atoms with E-state index < -0.39 is 0 Å². The minimum absolute atomic E-state index is 0.0107. The van der Waals surface area contributed by atoms with Crippen LogP contribution in [0.5, 0.6) is 0 Å². The van der Waals surface area contributed by atoms with Gasteiger partial charge in [-0.25, -0.2) is 0 Å². The average Bonchev–Trinajstić information content (AvgIpc) is 2.92. The molecule has 0 bridgehead atoms. The summed E-state index contributed by atoms with van der Waals surface area (Å²) in [6, 6.07) is 5.60. The van der Waals surface area contributed by atoms with Gasteiger partial charge in [0.25, 0.3) is 5.56 Å². The van der Waals surface area contributed by atoms with Gasteiger partial charge in [0.05, 0.1) is 10.9 Å².